The van der Waals surface area contributed by atoms with Gasteiger partial charge in [-0.2, -0.15) is 0 Å². The van der Waals surface area contributed by atoms with Crippen molar-refractivity contribution < 1.29 is 9.53 Å². The minimum absolute atomic E-state index is 0.208. The molecule has 0 amide bonds. The molecule has 5 heteroatoms. The van der Waals surface area contributed by atoms with E-state index in [0.717, 1.165) is 24.2 Å². The SMILES string of the molecule is C[C@H]1CCc2sc(C(=O)OCc3cn4ccccc4n3)cc2C1. The lowest BCUT2D eigenvalue weighted by Gasteiger charge is -2.16. The minimum Gasteiger partial charge on any atom is -0.455 e. The Labute approximate surface area is 138 Å². The number of ether oxygens (including phenoxy) is 1. The van der Waals surface area contributed by atoms with Crippen LogP contribution in [0.1, 0.15) is 39.2 Å². The number of esters is 1. The molecule has 0 aromatic carbocycles. The third kappa shape index (κ3) is 2.88. The molecule has 3 heterocycles. The van der Waals surface area contributed by atoms with E-state index in [1.165, 1.54) is 16.9 Å². The molecule has 0 saturated heterocycles. The van der Waals surface area contributed by atoms with E-state index < -0.39 is 0 Å². The van der Waals surface area contributed by atoms with Crippen molar-refractivity contribution in [2.75, 3.05) is 0 Å². The van der Waals surface area contributed by atoms with Gasteiger partial charge < -0.3 is 9.14 Å². The van der Waals surface area contributed by atoms with Crippen LogP contribution in [0.5, 0.6) is 0 Å². The van der Waals surface area contributed by atoms with Crippen molar-refractivity contribution in [3.05, 3.63) is 57.7 Å². The van der Waals surface area contributed by atoms with Gasteiger partial charge in [-0.05, 0) is 48.9 Å². The summed E-state index contributed by atoms with van der Waals surface area (Å²) in [6.45, 7) is 2.47. The van der Waals surface area contributed by atoms with Crippen molar-refractivity contribution in [3.8, 4) is 0 Å². The van der Waals surface area contributed by atoms with E-state index in [2.05, 4.69) is 11.9 Å². The fourth-order valence-corrected chi connectivity index (χ4v) is 4.18. The van der Waals surface area contributed by atoms with Gasteiger partial charge in [-0.1, -0.05) is 13.0 Å². The van der Waals surface area contributed by atoms with Crippen LogP contribution >= 0.6 is 11.3 Å². The van der Waals surface area contributed by atoms with Crippen molar-refractivity contribution in [1.82, 2.24) is 9.38 Å². The monoisotopic (exact) mass is 326 g/mol. The van der Waals surface area contributed by atoms with E-state index >= 15 is 0 Å². The first-order valence-corrected chi connectivity index (χ1v) is 8.72. The molecule has 0 bridgehead atoms. The molecule has 0 aliphatic heterocycles. The van der Waals surface area contributed by atoms with Gasteiger partial charge in [-0.3, -0.25) is 0 Å². The summed E-state index contributed by atoms with van der Waals surface area (Å²) in [4.78, 5) is 18.8. The summed E-state index contributed by atoms with van der Waals surface area (Å²) >= 11 is 1.59. The topological polar surface area (TPSA) is 43.6 Å². The van der Waals surface area contributed by atoms with Crippen LogP contribution in [0.15, 0.2) is 36.7 Å². The van der Waals surface area contributed by atoms with Gasteiger partial charge in [0.2, 0.25) is 0 Å². The van der Waals surface area contributed by atoms with E-state index in [0.29, 0.717) is 10.8 Å². The molecule has 3 aromatic heterocycles. The lowest BCUT2D eigenvalue weighted by molar-refractivity contribution is 0.0474. The molecule has 0 unspecified atom stereocenters. The predicted molar refractivity (Wildman–Crippen MR) is 89.8 cm³/mol. The van der Waals surface area contributed by atoms with E-state index in [1.54, 1.807) is 11.3 Å². The molecule has 4 rings (SSSR count). The fourth-order valence-electron chi connectivity index (χ4n) is 3.07. The Morgan fingerprint density at radius 3 is 3.26 bits per heavy atom. The summed E-state index contributed by atoms with van der Waals surface area (Å²) in [5, 5.41) is 0. The van der Waals surface area contributed by atoms with E-state index in [4.69, 9.17) is 4.74 Å². The molecule has 0 spiro atoms. The fraction of sp³-hybridized carbons (Fsp3) is 0.333. The van der Waals surface area contributed by atoms with Crippen LogP contribution in [0.2, 0.25) is 0 Å². The number of thiophene rings is 1. The zero-order valence-corrected chi connectivity index (χ0v) is 13.8. The number of imidazole rings is 1. The van der Waals surface area contributed by atoms with Crippen molar-refractivity contribution in [1.29, 1.82) is 0 Å². The summed E-state index contributed by atoms with van der Waals surface area (Å²) in [6.07, 6.45) is 7.20. The Bertz CT molecular complexity index is 832. The second-order valence-corrected chi connectivity index (χ2v) is 7.32. The maximum absolute atomic E-state index is 12.3. The second-order valence-electron chi connectivity index (χ2n) is 6.18. The molecule has 0 radical (unpaired) electrons. The van der Waals surface area contributed by atoms with E-state index in [9.17, 15) is 4.79 Å². The first-order valence-electron chi connectivity index (χ1n) is 7.90. The van der Waals surface area contributed by atoms with E-state index in [-0.39, 0.29) is 12.6 Å². The third-order valence-corrected chi connectivity index (χ3v) is 5.51. The molecular weight excluding hydrogens is 308 g/mol. The molecule has 4 nitrogen and oxygen atoms in total. The highest BCUT2D eigenvalue weighted by atomic mass is 32.1. The third-order valence-electron chi connectivity index (χ3n) is 4.30. The average molecular weight is 326 g/mol. The largest absolute Gasteiger partial charge is 0.455 e. The van der Waals surface area contributed by atoms with Crippen molar-refractivity contribution in [2.24, 2.45) is 5.92 Å². The highest BCUT2D eigenvalue weighted by Gasteiger charge is 2.21. The standard InChI is InChI=1S/C18H18N2O2S/c1-12-5-6-15-13(8-12)9-16(23-15)18(21)22-11-14-10-20-7-3-2-4-17(20)19-14/h2-4,7,9-10,12H,5-6,8,11H2,1H3/t12-/m0/s1. The van der Waals surface area contributed by atoms with Crippen molar-refractivity contribution in [3.63, 3.8) is 0 Å². The molecule has 1 aliphatic rings. The molecule has 118 valence electrons. The van der Waals surface area contributed by atoms with Crippen LogP contribution in [0.25, 0.3) is 5.65 Å². The number of rotatable bonds is 3. The van der Waals surface area contributed by atoms with Crippen molar-refractivity contribution in [2.45, 2.75) is 32.8 Å². The second kappa shape index (κ2) is 5.81. The van der Waals surface area contributed by atoms with Crippen LogP contribution in [0, 0.1) is 5.92 Å². The lowest BCUT2D eigenvalue weighted by atomic mass is 9.90. The molecule has 23 heavy (non-hydrogen) atoms. The minimum atomic E-state index is -0.242. The zero-order chi connectivity index (χ0) is 15.8. The summed E-state index contributed by atoms with van der Waals surface area (Å²) < 4.78 is 7.37. The van der Waals surface area contributed by atoms with Crippen LogP contribution < -0.4 is 0 Å². The molecule has 0 saturated carbocycles. The number of aryl methyl sites for hydroxylation is 1. The summed E-state index contributed by atoms with van der Waals surface area (Å²) in [5.74, 6) is 0.466. The normalized spacial score (nSPS) is 17.2. The van der Waals surface area contributed by atoms with Crippen LogP contribution in [0.4, 0.5) is 0 Å². The Hall–Kier alpha value is -2.14. The highest BCUT2D eigenvalue weighted by Crippen LogP contribution is 2.32. The van der Waals surface area contributed by atoms with Gasteiger partial charge in [0, 0.05) is 17.3 Å². The number of hydrogen-bond acceptors (Lipinski definition) is 4. The van der Waals surface area contributed by atoms with Gasteiger partial charge in [0.15, 0.2) is 0 Å². The Morgan fingerprint density at radius 2 is 2.39 bits per heavy atom. The smallest absolute Gasteiger partial charge is 0.348 e. The molecule has 1 atom stereocenters. The molecule has 0 N–H and O–H groups in total. The molecule has 0 fully saturated rings. The molecular formula is C18H18N2O2S. The van der Waals surface area contributed by atoms with Gasteiger partial charge in [-0.15, -0.1) is 11.3 Å². The zero-order valence-electron chi connectivity index (χ0n) is 13.0. The summed E-state index contributed by atoms with van der Waals surface area (Å²) in [7, 11) is 0. The molecule has 3 aromatic rings. The first kappa shape index (κ1) is 14.5. The van der Waals surface area contributed by atoms with Gasteiger partial charge in [0.1, 0.15) is 17.1 Å². The Kier molecular flexibility index (Phi) is 3.65. The summed E-state index contributed by atoms with van der Waals surface area (Å²) in [5.41, 5.74) is 2.95. The maximum atomic E-state index is 12.3. The van der Waals surface area contributed by atoms with E-state index in [1.807, 2.05) is 41.1 Å². The van der Waals surface area contributed by atoms with Crippen LogP contribution in [-0.4, -0.2) is 15.4 Å². The maximum Gasteiger partial charge on any atom is 0.348 e. The van der Waals surface area contributed by atoms with Gasteiger partial charge in [0.25, 0.3) is 0 Å². The number of aromatic nitrogens is 2. The molecule has 1 aliphatic carbocycles. The number of nitrogens with zero attached hydrogens (tertiary/aromatic N) is 2. The quantitative estimate of drug-likeness (QED) is 0.686. The van der Waals surface area contributed by atoms with Gasteiger partial charge in [-0.25, -0.2) is 9.78 Å². The van der Waals surface area contributed by atoms with Gasteiger partial charge in [0.05, 0.1) is 5.69 Å². The first-order chi connectivity index (χ1) is 11.2. The number of carbonyl (C=O) groups is 1. The number of carbonyl (C=O) groups excluding carboxylic acids is 1. The Morgan fingerprint density at radius 1 is 1.48 bits per heavy atom. The van der Waals surface area contributed by atoms with Gasteiger partial charge >= 0.3 is 5.97 Å². The Balaban J connectivity index is 1.45. The number of hydrogen-bond donors (Lipinski definition) is 0. The number of pyridine rings is 1. The summed E-state index contributed by atoms with van der Waals surface area (Å²) in [6, 6.07) is 7.83. The van der Waals surface area contributed by atoms with Crippen LogP contribution in [0.3, 0.4) is 0 Å². The average Bonchev–Trinajstić information content (AvgIpc) is 3.15. The lowest BCUT2D eigenvalue weighted by Crippen LogP contribution is -2.08. The van der Waals surface area contributed by atoms with Crippen LogP contribution in [-0.2, 0) is 24.2 Å². The highest BCUT2D eigenvalue weighted by molar-refractivity contribution is 7.14. The number of fused-ring (bicyclic) bond motifs is 2. The predicted octanol–water partition coefficient (Wildman–Crippen LogP) is 3.88. The van der Waals surface area contributed by atoms with Crippen molar-refractivity contribution >= 4 is 23.0 Å².